The van der Waals surface area contributed by atoms with Crippen LogP contribution in [-0.4, -0.2) is 53.6 Å². The van der Waals surface area contributed by atoms with E-state index in [1.807, 2.05) is 0 Å². The summed E-state index contributed by atoms with van der Waals surface area (Å²) in [5, 5.41) is 9.05. The van der Waals surface area contributed by atoms with Crippen molar-refractivity contribution >= 4 is 11.9 Å². The van der Waals surface area contributed by atoms with Gasteiger partial charge in [0.15, 0.2) is 6.04 Å². The van der Waals surface area contributed by atoms with Crippen LogP contribution in [0.5, 0.6) is 0 Å². The minimum atomic E-state index is -2.69. The summed E-state index contributed by atoms with van der Waals surface area (Å²) in [5.41, 5.74) is 0. The van der Waals surface area contributed by atoms with Crippen LogP contribution in [0.4, 0.5) is 8.78 Å². The molecule has 2 fully saturated rings. The van der Waals surface area contributed by atoms with E-state index >= 15 is 0 Å². The third-order valence-corrected chi connectivity index (χ3v) is 3.76. The molecule has 1 aliphatic carbocycles. The largest absolute Gasteiger partial charge is 0.480 e. The molecule has 7 heteroatoms. The molecule has 2 aliphatic rings. The van der Waals surface area contributed by atoms with E-state index in [1.54, 1.807) is 0 Å². The molecular weight excluding hydrogens is 260 g/mol. The maximum Gasteiger partial charge on any atom is 0.328 e. The van der Waals surface area contributed by atoms with Gasteiger partial charge >= 0.3 is 5.97 Å². The number of carbonyl (C=O) groups is 2. The molecule has 0 aromatic rings. The van der Waals surface area contributed by atoms with Gasteiger partial charge in [-0.05, 0) is 12.8 Å². The Morgan fingerprint density at radius 2 is 1.89 bits per heavy atom. The van der Waals surface area contributed by atoms with Gasteiger partial charge in [-0.2, -0.15) is 0 Å². The molecule has 0 aromatic carbocycles. The lowest BCUT2D eigenvalue weighted by molar-refractivity contribution is -0.162. The van der Waals surface area contributed by atoms with Gasteiger partial charge in [-0.3, -0.25) is 4.79 Å². The highest BCUT2D eigenvalue weighted by Gasteiger charge is 2.41. The summed E-state index contributed by atoms with van der Waals surface area (Å²) in [7, 11) is 0. The molecule has 1 saturated carbocycles. The molecule has 2 rings (SSSR count). The van der Waals surface area contributed by atoms with Crippen molar-refractivity contribution in [2.24, 2.45) is 5.92 Å². The number of carboxylic acids is 1. The van der Waals surface area contributed by atoms with Gasteiger partial charge in [0.25, 0.3) is 0 Å². The molecule has 0 radical (unpaired) electrons. The van der Waals surface area contributed by atoms with Crippen molar-refractivity contribution in [1.29, 1.82) is 0 Å². The van der Waals surface area contributed by atoms with Crippen LogP contribution in [0, 0.1) is 5.92 Å². The monoisotopic (exact) mass is 277 g/mol. The molecule has 19 heavy (non-hydrogen) atoms. The van der Waals surface area contributed by atoms with Crippen LogP contribution in [0.3, 0.4) is 0 Å². The Bertz CT molecular complexity index is 365. The van der Waals surface area contributed by atoms with Crippen molar-refractivity contribution in [3.05, 3.63) is 0 Å². The van der Waals surface area contributed by atoms with Crippen LogP contribution in [0.1, 0.15) is 25.7 Å². The van der Waals surface area contributed by atoms with Crippen LogP contribution >= 0.6 is 0 Å². The van der Waals surface area contributed by atoms with Crippen molar-refractivity contribution < 1.29 is 28.2 Å². The summed E-state index contributed by atoms with van der Waals surface area (Å²) in [6.07, 6.45) is -0.359. The van der Waals surface area contributed by atoms with E-state index in [9.17, 15) is 18.4 Å². The van der Waals surface area contributed by atoms with Crippen molar-refractivity contribution in [3.63, 3.8) is 0 Å². The molecule has 1 N–H and O–H groups in total. The third-order valence-electron chi connectivity index (χ3n) is 3.76. The highest BCUT2D eigenvalue weighted by molar-refractivity contribution is 5.85. The van der Waals surface area contributed by atoms with Gasteiger partial charge in [0.05, 0.1) is 13.2 Å². The molecule has 0 aromatic heterocycles. The number of carboxylic acid groups (broad SMARTS) is 1. The molecule has 1 aliphatic heterocycles. The minimum absolute atomic E-state index is 0.0377. The second kappa shape index (κ2) is 5.40. The van der Waals surface area contributed by atoms with Gasteiger partial charge in [0.2, 0.25) is 11.8 Å². The average molecular weight is 277 g/mol. The minimum Gasteiger partial charge on any atom is -0.480 e. The molecule has 1 atom stereocenters. The fourth-order valence-electron chi connectivity index (χ4n) is 2.59. The first-order valence-electron chi connectivity index (χ1n) is 6.39. The van der Waals surface area contributed by atoms with Gasteiger partial charge < -0.3 is 14.7 Å². The number of morpholine rings is 1. The first kappa shape index (κ1) is 14.2. The van der Waals surface area contributed by atoms with E-state index in [0.29, 0.717) is 6.61 Å². The van der Waals surface area contributed by atoms with E-state index in [0.717, 1.165) is 0 Å². The zero-order chi connectivity index (χ0) is 14.0. The van der Waals surface area contributed by atoms with Crippen molar-refractivity contribution in [1.82, 2.24) is 4.90 Å². The van der Waals surface area contributed by atoms with Gasteiger partial charge in [-0.1, -0.05) is 0 Å². The van der Waals surface area contributed by atoms with Gasteiger partial charge in [0, 0.05) is 25.3 Å². The Balaban J connectivity index is 2.00. The predicted molar refractivity (Wildman–Crippen MR) is 60.9 cm³/mol. The molecule has 1 amide bonds. The summed E-state index contributed by atoms with van der Waals surface area (Å²) in [6, 6.07) is -0.997. The van der Waals surface area contributed by atoms with Crippen LogP contribution < -0.4 is 0 Å². The number of aliphatic carboxylic acids is 1. The van der Waals surface area contributed by atoms with Crippen LogP contribution in [0.15, 0.2) is 0 Å². The van der Waals surface area contributed by atoms with E-state index in [1.165, 1.54) is 4.90 Å². The molecule has 5 nitrogen and oxygen atoms in total. The Labute approximate surface area is 109 Å². The highest BCUT2D eigenvalue weighted by atomic mass is 19.3. The lowest BCUT2D eigenvalue weighted by Crippen LogP contribution is -2.54. The van der Waals surface area contributed by atoms with Gasteiger partial charge in [-0.25, -0.2) is 13.6 Å². The quantitative estimate of drug-likeness (QED) is 0.821. The summed E-state index contributed by atoms with van der Waals surface area (Å²) in [6.45, 7) is 0.463. The number of alkyl halides is 2. The number of hydrogen-bond acceptors (Lipinski definition) is 3. The number of amides is 1. The maximum absolute atomic E-state index is 13.0. The number of ether oxygens (including phenoxy) is 1. The van der Waals surface area contributed by atoms with E-state index in [-0.39, 0.29) is 44.7 Å². The fraction of sp³-hybridized carbons (Fsp3) is 0.833. The average Bonchev–Trinajstić information content (AvgIpc) is 2.38. The number of hydrogen-bond donors (Lipinski definition) is 1. The molecule has 108 valence electrons. The number of nitrogens with zero attached hydrogens (tertiary/aromatic N) is 1. The first-order valence-corrected chi connectivity index (χ1v) is 6.39. The number of carbonyl (C=O) groups excluding carboxylic acids is 1. The Hall–Kier alpha value is -1.24. The van der Waals surface area contributed by atoms with E-state index < -0.39 is 23.9 Å². The first-order chi connectivity index (χ1) is 8.91. The Kier molecular flexibility index (Phi) is 4.03. The predicted octanol–water partition coefficient (Wildman–Crippen LogP) is 1.12. The van der Waals surface area contributed by atoms with Crippen LogP contribution in [0.2, 0.25) is 0 Å². The third kappa shape index (κ3) is 3.20. The van der Waals surface area contributed by atoms with Crippen molar-refractivity contribution in [3.8, 4) is 0 Å². The lowest BCUT2D eigenvalue weighted by atomic mass is 9.85. The zero-order valence-corrected chi connectivity index (χ0v) is 10.5. The highest BCUT2D eigenvalue weighted by Crippen LogP contribution is 2.37. The smallest absolute Gasteiger partial charge is 0.328 e. The van der Waals surface area contributed by atoms with Crippen molar-refractivity contribution in [2.75, 3.05) is 19.8 Å². The lowest BCUT2D eigenvalue weighted by Gasteiger charge is -2.37. The van der Waals surface area contributed by atoms with E-state index in [2.05, 4.69) is 0 Å². The maximum atomic E-state index is 13.0. The molecule has 1 unspecified atom stereocenters. The number of rotatable bonds is 2. The summed E-state index contributed by atoms with van der Waals surface area (Å²) < 4.78 is 31.1. The summed E-state index contributed by atoms with van der Waals surface area (Å²) in [4.78, 5) is 24.6. The second-order valence-corrected chi connectivity index (χ2v) is 5.09. The topological polar surface area (TPSA) is 66.8 Å². The number of halogens is 2. The standard InChI is InChI=1S/C12H17F2NO4/c13-12(14)3-1-8(2-4-12)10(16)15-5-6-19-7-9(15)11(17)18/h8-9H,1-7H2,(H,17,18). The van der Waals surface area contributed by atoms with Gasteiger partial charge in [-0.15, -0.1) is 0 Å². The Morgan fingerprint density at radius 1 is 1.26 bits per heavy atom. The van der Waals surface area contributed by atoms with Crippen molar-refractivity contribution in [2.45, 2.75) is 37.6 Å². The fourth-order valence-corrected chi connectivity index (χ4v) is 2.59. The Morgan fingerprint density at radius 3 is 2.47 bits per heavy atom. The summed E-state index contributed by atoms with van der Waals surface area (Å²) in [5.74, 6) is -4.62. The van der Waals surface area contributed by atoms with Crippen LogP contribution in [0.25, 0.3) is 0 Å². The van der Waals surface area contributed by atoms with Crippen LogP contribution in [-0.2, 0) is 14.3 Å². The zero-order valence-electron chi connectivity index (χ0n) is 10.5. The SMILES string of the molecule is O=C(O)C1COCCN1C(=O)C1CCC(F)(F)CC1. The molecule has 1 heterocycles. The second-order valence-electron chi connectivity index (χ2n) is 5.09. The molecule has 0 spiro atoms. The molecule has 1 saturated heterocycles. The molecular formula is C12H17F2NO4. The van der Waals surface area contributed by atoms with E-state index in [4.69, 9.17) is 9.84 Å². The normalized spacial score (nSPS) is 28.1. The molecule has 0 bridgehead atoms. The van der Waals surface area contributed by atoms with Gasteiger partial charge in [0.1, 0.15) is 0 Å². The summed E-state index contributed by atoms with van der Waals surface area (Å²) >= 11 is 0.